The Balaban J connectivity index is 1.58. The van der Waals surface area contributed by atoms with Gasteiger partial charge in [0.15, 0.2) is 6.61 Å². The Morgan fingerprint density at radius 2 is 1.76 bits per heavy atom. The van der Waals surface area contributed by atoms with Crippen LogP contribution in [0.4, 0.5) is 5.69 Å². The van der Waals surface area contributed by atoms with E-state index in [4.69, 9.17) is 4.74 Å². The lowest BCUT2D eigenvalue weighted by molar-refractivity contribution is -0.125. The summed E-state index contributed by atoms with van der Waals surface area (Å²) in [4.78, 5) is 51.6. The molecule has 0 spiro atoms. The average molecular weight is 486 g/mol. The summed E-state index contributed by atoms with van der Waals surface area (Å²) < 4.78 is 28.9. The Morgan fingerprint density at radius 3 is 2.38 bits per heavy atom. The van der Waals surface area contributed by atoms with Crippen molar-refractivity contribution in [1.29, 1.82) is 0 Å². The molecule has 0 saturated heterocycles. The Hall–Kier alpha value is -3.73. The quantitative estimate of drug-likeness (QED) is 0.564. The first kappa shape index (κ1) is 23.4. The van der Waals surface area contributed by atoms with Gasteiger partial charge in [-0.15, -0.1) is 0 Å². The van der Waals surface area contributed by atoms with Crippen LogP contribution in [0.25, 0.3) is 0 Å². The molecule has 0 bridgehead atoms. The fourth-order valence-corrected chi connectivity index (χ4v) is 4.61. The maximum Gasteiger partial charge on any atom is 0.262 e. The number of benzene rings is 2. The Morgan fingerprint density at radius 1 is 1.12 bits per heavy atom. The number of anilines is 1. The van der Waals surface area contributed by atoms with Crippen molar-refractivity contribution in [2.75, 3.05) is 23.9 Å². The van der Waals surface area contributed by atoms with E-state index in [-0.39, 0.29) is 35.8 Å². The van der Waals surface area contributed by atoms with Crippen LogP contribution in [0.2, 0.25) is 0 Å². The molecule has 11 heteroatoms. The van der Waals surface area contributed by atoms with Crippen LogP contribution in [0.15, 0.2) is 42.5 Å². The number of sulfone groups is 1. The topological polar surface area (TPSA) is 139 Å². The third-order valence-corrected chi connectivity index (χ3v) is 6.67. The number of carbonyl (C=O) groups is 4. The predicted octanol–water partition coefficient (Wildman–Crippen LogP) is 1.29. The maximum atomic E-state index is 13.3. The lowest BCUT2D eigenvalue weighted by atomic mass is 10.1. The normalized spacial score (nSPS) is 16.8. The fraction of sp³-hybridized carbons (Fsp3) is 0.304. The van der Waals surface area contributed by atoms with Gasteiger partial charge in [-0.3, -0.25) is 24.1 Å². The van der Waals surface area contributed by atoms with E-state index < -0.39 is 39.6 Å². The number of nitrogens with zero attached hydrogens (tertiary/aromatic N) is 1. The Labute approximate surface area is 196 Å². The monoisotopic (exact) mass is 485 g/mol. The molecular formula is C23H23N3O7S. The van der Waals surface area contributed by atoms with Crippen LogP contribution < -0.4 is 15.4 Å². The summed E-state index contributed by atoms with van der Waals surface area (Å²) in [5.41, 5.74) is 1.44. The lowest BCUT2D eigenvalue weighted by Gasteiger charge is -2.27. The minimum absolute atomic E-state index is 0.0824. The molecule has 0 radical (unpaired) electrons. The molecule has 2 aliphatic heterocycles. The van der Waals surface area contributed by atoms with Crippen molar-refractivity contribution in [2.24, 2.45) is 0 Å². The first-order valence-electron chi connectivity index (χ1n) is 10.6. The smallest absolute Gasteiger partial charge is 0.262 e. The van der Waals surface area contributed by atoms with Crippen molar-refractivity contribution >= 4 is 39.2 Å². The van der Waals surface area contributed by atoms with Gasteiger partial charge in [0.1, 0.15) is 21.6 Å². The minimum Gasteiger partial charge on any atom is -0.482 e. The van der Waals surface area contributed by atoms with Gasteiger partial charge in [0.2, 0.25) is 5.91 Å². The molecule has 2 N–H and O–H groups in total. The number of ether oxygens (including phenoxy) is 1. The number of fused-ring (bicyclic) bond motifs is 2. The van der Waals surface area contributed by atoms with Gasteiger partial charge in [-0.1, -0.05) is 18.2 Å². The van der Waals surface area contributed by atoms with Crippen molar-refractivity contribution < 1.29 is 32.3 Å². The Bertz CT molecular complexity index is 1270. The van der Waals surface area contributed by atoms with Crippen molar-refractivity contribution in [3.8, 4) is 5.75 Å². The van der Waals surface area contributed by atoms with Crippen molar-refractivity contribution in [1.82, 2.24) is 10.2 Å². The van der Waals surface area contributed by atoms with E-state index in [2.05, 4.69) is 10.6 Å². The van der Waals surface area contributed by atoms with Gasteiger partial charge in [-0.05, 0) is 43.2 Å². The number of imide groups is 1. The molecule has 4 amide bonds. The van der Waals surface area contributed by atoms with Gasteiger partial charge in [0.25, 0.3) is 17.7 Å². The van der Waals surface area contributed by atoms with E-state index in [9.17, 15) is 27.6 Å². The van der Waals surface area contributed by atoms with Gasteiger partial charge < -0.3 is 15.4 Å². The van der Waals surface area contributed by atoms with Crippen molar-refractivity contribution in [3.63, 3.8) is 0 Å². The van der Waals surface area contributed by atoms with Crippen LogP contribution >= 0.6 is 0 Å². The number of nitrogens with one attached hydrogen (secondary N) is 2. The van der Waals surface area contributed by atoms with Crippen molar-refractivity contribution in [3.05, 3.63) is 59.2 Å². The van der Waals surface area contributed by atoms with Crippen molar-refractivity contribution in [2.45, 2.75) is 25.4 Å². The lowest BCUT2D eigenvalue weighted by Crippen LogP contribution is -2.50. The predicted molar refractivity (Wildman–Crippen MR) is 122 cm³/mol. The van der Waals surface area contributed by atoms with Gasteiger partial charge in [0.05, 0.1) is 28.6 Å². The zero-order chi connectivity index (χ0) is 24.6. The molecule has 0 unspecified atom stereocenters. The average Bonchev–Trinajstić information content (AvgIpc) is 3.03. The second kappa shape index (κ2) is 8.90. The maximum absolute atomic E-state index is 13.3. The standard InChI is InChI=1S/C23H23N3O7S/c1-13(14-7-8-19-17(11-14)25-20(27)12-33-19)24-21(28)18(9-10-34(2,31)32)26-22(29)15-5-3-4-6-16(15)23(26)30/h3-8,11,13,18H,9-10,12H2,1-2H3,(H,24,28)(H,25,27)/t13-,18+/m1/s1. The molecule has 2 heterocycles. The summed E-state index contributed by atoms with van der Waals surface area (Å²) >= 11 is 0. The zero-order valence-electron chi connectivity index (χ0n) is 18.5. The summed E-state index contributed by atoms with van der Waals surface area (Å²) in [6.07, 6.45) is 0.785. The van der Waals surface area contributed by atoms with Crippen LogP contribution in [0.1, 0.15) is 45.7 Å². The second-order valence-electron chi connectivity index (χ2n) is 8.28. The first-order valence-corrected chi connectivity index (χ1v) is 12.6. The van der Waals surface area contributed by atoms with Gasteiger partial charge >= 0.3 is 0 Å². The van der Waals surface area contributed by atoms with Gasteiger partial charge in [-0.25, -0.2) is 8.42 Å². The molecule has 10 nitrogen and oxygen atoms in total. The molecule has 0 fully saturated rings. The summed E-state index contributed by atoms with van der Waals surface area (Å²) in [6.45, 7) is 1.61. The molecule has 2 aromatic carbocycles. The number of amides is 4. The highest BCUT2D eigenvalue weighted by Crippen LogP contribution is 2.31. The molecule has 34 heavy (non-hydrogen) atoms. The van der Waals surface area contributed by atoms with Crippen LogP contribution in [-0.2, 0) is 19.4 Å². The van der Waals surface area contributed by atoms with Crippen LogP contribution in [-0.4, -0.2) is 61.6 Å². The zero-order valence-corrected chi connectivity index (χ0v) is 19.3. The highest BCUT2D eigenvalue weighted by molar-refractivity contribution is 7.90. The van der Waals surface area contributed by atoms with Crippen LogP contribution in [0.5, 0.6) is 5.75 Å². The number of hydrogen-bond donors (Lipinski definition) is 2. The molecule has 4 rings (SSSR count). The summed E-state index contributed by atoms with van der Waals surface area (Å²) in [7, 11) is -3.46. The van der Waals surface area contributed by atoms with E-state index in [1.807, 2.05) is 0 Å². The van der Waals surface area contributed by atoms with E-state index in [1.54, 1.807) is 37.3 Å². The molecule has 0 aliphatic carbocycles. The van der Waals surface area contributed by atoms with Crippen LogP contribution in [0.3, 0.4) is 0 Å². The molecule has 2 aromatic rings. The van der Waals surface area contributed by atoms with Crippen LogP contribution in [0, 0.1) is 0 Å². The minimum atomic E-state index is -3.46. The number of rotatable bonds is 7. The molecule has 2 aliphatic rings. The largest absolute Gasteiger partial charge is 0.482 e. The van der Waals surface area contributed by atoms with E-state index in [0.717, 1.165) is 11.2 Å². The fourth-order valence-electron chi connectivity index (χ4n) is 3.96. The molecule has 0 saturated carbocycles. The van der Waals surface area contributed by atoms with E-state index in [0.29, 0.717) is 17.0 Å². The third kappa shape index (κ3) is 4.65. The van der Waals surface area contributed by atoms with E-state index in [1.165, 1.54) is 12.1 Å². The molecule has 178 valence electrons. The number of carbonyl (C=O) groups excluding carboxylic acids is 4. The summed E-state index contributed by atoms with van der Waals surface area (Å²) in [6, 6.07) is 9.36. The third-order valence-electron chi connectivity index (χ3n) is 5.70. The molecule has 0 aromatic heterocycles. The SMILES string of the molecule is C[C@@H](NC(=O)[C@H](CCS(C)(=O)=O)N1C(=O)c2ccccc2C1=O)c1ccc2c(c1)NC(=O)CO2. The Kier molecular flexibility index (Phi) is 6.13. The highest BCUT2D eigenvalue weighted by atomic mass is 32.2. The summed E-state index contributed by atoms with van der Waals surface area (Å²) in [5.74, 6) is -2.13. The molecule has 2 atom stereocenters. The first-order chi connectivity index (χ1) is 16.0. The summed E-state index contributed by atoms with van der Waals surface area (Å²) in [5, 5.41) is 5.46. The van der Waals surface area contributed by atoms with E-state index >= 15 is 0 Å². The van der Waals surface area contributed by atoms with Gasteiger partial charge in [-0.2, -0.15) is 0 Å². The highest BCUT2D eigenvalue weighted by Gasteiger charge is 2.43. The number of hydrogen-bond acceptors (Lipinski definition) is 7. The van der Waals surface area contributed by atoms with Gasteiger partial charge in [0, 0.05) is 6.26 Å². The molecular weight excluding hydrogens is 462 g/mol. The second-order valence-corrected chi connectivity index (χ2v) is 10.5.